The number of benzene rings is 3. The van der Waals surface area contributed by atoms with Crippen LogP contribution in [0.2, 0.25) is 0 Å². The lowest BCUT2D eigenvalue weighted by Crippen LogP contribution is -2.47. The molecule has 0 aliphatic carbocycles. The number of nitrogens with one attached hydrogen (secondary N) is 2. The van der Waals surface area contributed by atoms with E-state index in [1.54, 1.807) is 13.2 Å². The minimum Gasteiger partial charge on any atom is -0.495 e. The van der Waals surface area contributed by atoms with Gasteiger partial charge in [-0.25, -0.2) is 0 Å². The number of amides is 2. The minimum absolute atomic E-state index is 0.0787. The van der Waals surface area contributed by atoms with Gasteiger partial charge in [-0.1, -0.05) is 42.5 Å². The Bertz CT molecular complexity index is 1360. The third-order valence-electron chi connectivity index (χ3n) is 7.96. The number of ether oxygens (including phenoxy) is 3. The van der Waals surface area contributed by atoms with Gasteiger partial charge in [0.2, 0.25) is 5.91 Å². The van der Waals surface area contributed by atoms with Crippen LogP contribution in [0.15, 0.2) is 72.8 Å². The number of hydrogen-bond donors (Lipinski definition) is 2. The zero-order valence-electron chi connectivity index (χ0n) is 25.5. The molecule has 234 valence electrons. The fourth-order valence-corrected chi connectivity index (χ4v) is 5.61. The zero-order valence-corrected chi connectivity index (χ0v) is 25.5. The maximum atomic E-state index is 13.6. The molecule has 0 aromatic heterocycles. The van der Waals surface area contributed by atoms with Crippen molar-refractivity contribution in [1.29, 1.82) is 0 Å². The lowest BCUT2D eigenvalue weighted by Gasteiger charge is -2.38. The van der Waals surface area contributed by atoms with Crippen LogP contribution in [0.25, 0.3) is 0 Å². The number of carbonyl (C=O) groups is 2. The van der Waals surface area contributed by atoms with Crippen molar-refractivity contribution < 1.29 is 23.8 Å². The Morgan fingerprint density at radius 3 is 2.30 bits per heavy atom. The molecule has 2 aliphatic heterocycles. The number of methoxy groups -OCH3 is 1. The second-order valence-corrected chi connectivity index (χ2v) is 11.0. The van der Waals surface area contributed by atoms with Crippen molar-refractivity contribution in [3.8, 4) is 5.75 Å². The molecule has 10 nitrogen and oxygen atoms in total. The van der Waals surface area contributed by atoms with Gasteiger partial charge in [0, 0.05) is 57.2 Å². The summed E-state index contributed by atoms with van der Waals surface area (Å²) in [5.41, 5.74) is 4.04. The van der Waals surface area contributed by atoms with Gasteiger partial charge in [0.1, 0.15) is 12.4 Å². The molecular formula is C34H43N5O5. The van der Waals surface area contributed by atoms with Crippen LogP contribution in [0.5, 0.6) is 5.75 Å². The fourth-order valence-electron chi connectivity index (χ4n) is 5.61. The molecule has 2 fully saturated rings. The molecular weight excluding hydrogens is 558 g/mol. The first kappa shape index (κ1) is 31.3. The molecule has 2 saturated heterocycles. The number of piperazine rings is 1. The molecule has 0 atom stereocenters. The molecule has 2 amide bonds. The van der Waals surface area contributed by atoms with Crippen LogP contribution in [0.1, 0.15) is 22.3 Å². The molecule has 2 heterocycles. The predicted molar refractivity (Wildman–Crippen MR) is 173 cm³/mol. The molecule has 3 aromatic rings. The van der Waals surface area contributed by atoms with Gasteiger partial charge in [0.15, 0.2) is 0 Å². The summed E-state index contributed by atoms with van der Waals surface area (Å²) < 4.78 is 16.6. The van der Waals surface area contributed by atoms with Crippen molar-refractivity contribution in [2.75, 3.05) is 94.4 Å². The van der Waals surface area contributed by atoms with Crippen molar-refractivity contribution in [2.45, 2.75) is 13.0 Å². The standard InChI is InChI=1S/C34H43N5O5/c1-42-32-11-6-5-10-31(32)39-18-16-38(17-19-39)30-13-12-28(36-33(40)26-44-25-27-8-3-2-4-9-27)24-29(30)34(41)35-14-7-15-37-20-22-43-23-21-37/h2-6,8-13,24H,7,14-23,25-26H2,1H3,(H,35,41)(H,36,40). The van der Waals surface area contributed by atoms with Crippen LogP contribution >= 0.6 is 0 Å². The van der Waals surface area contributed by atoms with Gasteiger partial charge in [0.05, 0.1) is 38.2 Å². The molecule has 3 aromatic carbocycles. The normalized spacial score (nSPS) is 15.6. The summed E-state index contributed by atoms with van der Waals surface area (Å²) in [6, 6.07) is 23.3. The van der Waals surface area contributed by atoms with Crippen LogP contribution in [-0.4, -0.2) is 96.0 Å². The van der Waals surface area contributed by atoms with E-state index in [0.29, 0.717) is 24.4 Å². The van der Waals surface area contributed by atoms with E-state index in [1.807, 2.05) is 60.7 Å². The molecule has 2 N–H and O–H groups in total. The maximum Gasteiger partial charge on any atom is 0.253 e. The second-order valence-electron chi connectivity index (χ2n) is 11.0. The summed E-state index contributed by atoms with van der Waals surface area (Å²) >= 11 is 0. The van der Waals surface area contributed by atoms with Gasteiger partial charge < -0.3 is 34.6 Å². The number of nitrogens with zero attached hydrogens (tertiary/aromatic N) is 3. The Balaban J connectivity index is 1.23. The highest BCUT2D eigenvalue weighted by atomic mass is 16.5. The molecule has 5 rings (SSSR count). The number of anilines is 3. The van der Waals surface area contributed by atoms with Crippen molar-refractivity contribution >= 4 is 28.9 Å². The first-order chi connectivity index (χ1) is 21.6. The van der Waals surface area contributed by atoms with Crippen LogP contribution < -0.4 is 25.2 Å². The minimum atomic E-state index is -0.268. The van der Waals surface area contributed by atoms with E-state index >= 15 is 0 Å². The van der Waals surface area contributed by atoms with Crippen molar-refractivity contribution in [2.24, 2.45) is 0 Å². The Morgan fingerprint density at radius 1 is 0.841 bits per heavy atom. The molecule has 10 heteroatoms. The Labute approximate surface area is 259 Å². The van der Waals surface area contributed by atoms with Crippen LogP contribution in [0, 0.1) is 0 Å². The third-order valence-corrected chi connectivity index (χ3v) is 7.96. The van der Waals surface area contributed by atoms with Gasteiger partial charge in [-0.3, -0.25) is 14.5 Å². The van der Waals surface area contributed by atoms with Crippen LogP contribution in [0.4, 0.5) is 17.1 Å². The topological polar surface area (TPSA) is 95.6 Å². The number of hydrogen-bond acceptors (Lipinski definition) is 8. The first-order valence-electron chi connectivity index (χ1n) is 15.4. The highest BCUT2D eigenvalue weighted by Crippen LogP contribution is 2.31. The van der Waals surface area contributed by atoms with E-state index in [1.165, 1.54) is 0 Å². The Hall–Kier alpha value is -4.12. The molecule has 0 unspecified atom stereocenters. The van der Waals surface area contributed by atoms with E-state index in [2.05, 4.69) is 31.4 Å². The van der Waals surface area contributed by atoms with Crippen LogP contribution in [0.3, 0.4) is 0 Å². The zero-order chi connectivity index (χ0) is 30.6. The lowest BCUT2D eigenvalue weighted by atomic mass is 10.1. The highest BCUT2D eigenvalue weighted by Gasteiger charge is 2.24. The van der Waals surface area contributed by atoms with Gasteiger partial charge in [-0.05, 0) is 48.9 Å². The fraction of sp³-hybridized carbons (Fsp3) is 0.412. The van der Waals surface area contributed by atoms with E-state index < -0.39 is 0 Å². The van der Waals surface area contributed by atoms with E-state index in [4.69, 9.17) is 14.2 Å². The summed E-state index contributed by atoms with van der Waals surface area (Å²) in [6.45, 7) is 8.20. The lowest BCUT2D eigenvalue weighted by molar-refractivity contribution is -0.121. The van der Waals surface area contributed by atoms with E-state index in [-0.39, 0.29) is 18.4 Å². The summed E-state index contributed by atoms with van der Waals surface area (Å²) in [6.07, 6.45) is 0.855. The maximum absolute atomic E-state index is 13.6. The third kappa shape index (κ3) is 8.72. The summed E-state index contributed by atoms with van der Waals surface area (Å²) in [7, 11) is 1.69. The average Bonchev–Trinajstić information content (AvgIpc) is 3.07. The number of carbonyl (C=O) groups excluding carboxylic acids is 2. The number of morpholine rings is 1. The molecule has 44 heavy (non-hydrogen) atoms. The Kier molecular flexibility index (Phi) is 11.5. The average molecular weight is 602 g/mol. The number of rotatable bonds is 13. The van der Waals surface area contributed by atoms with Crippen molar-refractivity contribution in [3.05, 3.63) is 83.9 Å². The van der Waals surface area contributed by atoms with Gasteiger partial charge in [-0.15, -0.1) is 0 Å². The molecule has 0 saturated carbocycles. The quantitative estimate of drug-likeness (QED) is 0.287. The molecule has 0 spiro atoms. The summed E-state index contributed by atoms with van der Waals surface area (Å²) in [4.78, 5) is 33.1. The van der Waals surface area contributed by atoms with E-state index in [9.17, 15) is 9.59 Å². The Morgan fingerprint density at radius 2 is 1.55 bits per heavy atom. The van der Waals surface area contributed by atoms with E-state index in [0.717, 1.165) is 88.1 Å². The van der Waals surface area contributed by atoms with Gasteiger partial charge in [-0.2, -0.15) is 0 Å². The first-order valence-corrected chi connectivity index (χ1v) is 15.4. The monoisotopic (exact) mass is 601 g/mol. The molecule has 2 aliphatic rings. The predicted octanol–water partition coefficient (Wildman–Crippen LogP) is 3.63. The van der Waals surface area contributed by atoms with Gasteiger partial charge >= 0.3 is 0 Å². The smallest absolute Gasteiger partial charge is 0.253 e. The summed E-state index contributed by atoms with van der Waals surface area (Å²) in [5.74, 6) is 0.437. The van der Waals surface area contributed by atoms with Crippen LogP contribution in [-0.2, 0) is 20.9 Å². The van der Waals surface area contributed by atoms with Gasteiger partial charge in [0.25, 0.3) is 5.91 Å². The SMILES string of the molecule is COc1ccccc1N1CCN(c2ccc(NC(=O)COCc3ccccc3)cc2C(=O)NCCCN2CCOCC2)CC1. The highest BCUT2D eigenvalue weighted by molar-refractivity contribution is 6.02. The molecule has 0 bridgehead atoms. The summed E-state index contributed by atoms with van der Waals surface area (Å²) in [5, 5.41) is 6.01. The second kappa shape index (κ2) is 16.1. The largest absolute Gasteiger partial charge is 0.495 e. The van der Waals surface area contributed by atoms with Crippen molar-refractivity contribution in [1.82, 2.24) is 10.2 Å². The number of para-hydroxylation sites is 2. The molecule has 0 radical (unpaired) electrons. The van der Waals surface area contributed by atoms with Crippen molar-refractivity contribution in [3.63, 3.8) is 0 Å².